The van der Waals surface area contributed by atoms with Gasteiger partial charge >= 0.3 is 0 Å². The Bertz CT molecular complexity index is 526. The Balaban J connectivity index is 2.57. The third kappa shape index (κ3) is 2.18. The van der Waals surface area contributed by atoms with Gasteiger partial charge in [-0.1, -0.05) is 43.2 Å². The molecule has 3 heteroatoms. The molecule has 0 saturated heterocycles. The van der Waals surface area contributed by atoms with E-state index in [0.717, 1.165) is 29.9 Å². The maximum atomic E-state index is 6.12. The standard InChI is InChI=1S/C14H19N3/c1-4-6-12-13(14(15)17(3)16-12)11-8-5-7-10(2)9-11/h5,7-9H,4,6,15H2,1-3H3. The number of rotatable bonds is 3. The van der Waals surface area contributed by atoms with Crippen LogP contribution in [0.15, 0.2) is 24.3 Å². The van der Waals surface area contributed by atoms with E-state index in [-0.39, 0.29) is 0 Å². The lowest BCUT2D eigenvalue weighted by molar-refractivity contribution is 0.741. The van der Waals surface area contributed by atoms with Crippen LogP contribution in [0.4, 0.5) is 5.82 Å². The van der Waals surface area contributed by atoms with Gasteiger partial charge in [-0.25, -0.2) is 0 Å². The van der Waals surface area contributed by atoms with Crippen LogP contribution < -0.4 is 5.73 Å². The number of aromatic nitrogens is 2. The third-order valence-corrected chi connectivity index (χ3v) is 2.96. The number of hydrogen-bond donors (Lipinski definition) is 1. The van der Waals surface area contributed by atoms with Crippen LogP contribution in [0.2, 0.25) is 0 Å². The highest BCUT2D eigenvalue weighted by Crippen LogP contribution is 2.30. The van der Waals surface area contributed by atoms with Gasteiger partial charge < -0.3 is 5.73 Å². The van der Waals surface area contributed by atoms with Gasteiger partial charge in [-0.05, 0) is 18.9 Å². The Morgan fingerprint density at radius 2 is 2.12 bits per heavy atom. The van der Waals surface area contributed by atoms with Crippen molar-refractivity contribution < 1.29 is 0 Å². The van der Waals surface area contributed by atoms with Crippen molar-refractivity contribution in [1.82, 2.24) is 9.78 Å². The minimum Gasteiger partial charge on any atom is -0.383 e. The van der Waals surface area contributed by atoms with Crippen molar-refractivity contribution in [3.63, 3.8) is 0 Å². The van der Waals surface area contributed by atoms with E-state index in [9.17, 15) is 0 Å². The molecule has 0 atom stereocenters. The summed E-state index contributed by atoms with van der Waals surface area (Å²) in [6, 6.07) is 8.41. The van der Waals surface area contributed by atoms with E-state index in [0.29, 0.717) is 0 Å². The van der Waals surface area contributed by atoms with Gasteiger partial charge in [-0.15, -0.1) is 0 Å². The maximum Gasteiger partial charge on any atom is 0.129 e. The number of anilines is 1. The van der Waals surface area contributed by atoms with E-state index in [1.165, 1.54) is 11.1 Å². The highest BCUT2D eigenvalue weighted by molar-refractivity contribution is 5.77. The first-order chi connectivity index (χ1) is 8.13. The third-order valence-electron chi connectivity index (χ3n) is 2.96. The van der Waals surface area contributed by atoms with Gasteiger partial charge in [0.1, 0.15) is 5.82 Å². The van der Waals surface area contributed by atoms with Crippen LogP contribution in [-0.4, -0.2) is 9.78 Å². The number of nitrogen functional groups attached to an aromatic ring is 1. The smallest absolute Gasteiger partial charge is 0.129 e. The molecule has 0 bridgehead atoms. The van der Waals surface area contributed by atoms with Gasteiger partial charge in [0.2, 0.25) is 0 Å². The van der Waals surface area contributed by atoms with Crippen LogP contribution in [0, 0.1) is 6.92 Å². The second-order valence-corrected chi connectivity index (χ2v) is 4.45. The quantitative estimate of drug-likeness (QED) is 0.879. The number of hydrogen-bond acceptors (Lipinski definition) is 2. The average Bonchev–Trinajstić information content (AvgIpc) is 2.55. The summed E-state index contributed by atoms with van der Waals surface area (Å²) in [5.74, 6) is 0.749. The van der Waals surface area contributed by atoms with Crippen LogP contribution in [-0.2, 0) is 13.5 Å². The van der Waals surface area contributed by atoms with Crippen LogP contribution in [0.5, 0.6) is 0 Å². The van der Waals surface area contributed by atoms with E-state index in [1.807, 2.05) is 7.05 Å². The van der Waals surface area contributed by atoms with Crippen molar-refractivity contribution in [1.29, 1.82) is 0 Å². The van der Waals surface area contributed by atoms with Crippen molar-refractivity contribution in [2.75, 3.05) is 5.73 Å². The van der Waals surface area contributed by atoms with Crippen molar-refractivity contribution in [3.8, 4) is 11.1 Å². The first-order valence-electron chi connectivity index (χ1n) is 6.02. The first kappa shape index (κ1) is 11.7. The molecule has 1 aromatic heterocycles. The fourth-order valence-corrected chi connectivity index (χ4v) is 2.12. The van der Waals surface area contributed by atoms with Crippen molar-refractivity contribution in [2.45, 2.75) is 26.7 Å². The van der Waals surface area contributed by atoms with E-state index in [1.54, 1.807) is 4.68 Å². The fraction of sp³-hybridized carbons (Fsp3) is 0.357. The number of nitrogens with two attached hydrogens (primary N) is 1. The Morgan fingerprint density at radius 1 is 1.35 bits per heavy atom. The highest BCUT2D eigenvalue weighted by Gasteiger charge is 2.14. The van der Waals surface area contributed by atoms with E-state index in [2.05, 4.69) is 43.2 Å². The van der Waals surface area contributed by atoms with Crippen LogP contribution in [0.1, 0.15) is 24.6 Å². The number of nitrogens with zero attached hydrogens (tertiary/aromatic N) is 2. The molecule has 0 spiro atoms. The monoisotopic (exact) mass is 229 g/mol. The predicted octanol–water partition coefficient (Wildman–Crippen LogP) is 2.93. The number of aryl methyl sites for hydroxylation is 3. The number of benzene rings is 1. The molecule has 17 heavy (non-hydrogen) atoms. The molecule has 0 amide bonds. The molecule has 0 unspecified atom stereocenters. The minimum atomic E-state index is 0.749. The van der Waals surface area contributed by atoms with E-state index >= 15 is 0 Å². The SMILES string of the molecule is CCCc1nn(C)c(N)c1-c1cccc(C)c1. The molecule has 0 aliphatic heterocycles. The lowest BCUT2D eigenvalue weighted by Gasteiger charge is -2.04. The predicted molar refractivity (Wildman–Crippen MR) is 71.8 cm³/mol. The molecule has 1 aromatic carbocycles. The molecule has 1 heterocycles. The summed E-state index contributed by atoms with van der Waals surface area (Å²) in [6.07, 6.45) is 2.05. The largest absolute Gasteiger partial charge is 0.383 e. The van der Waals surface area contributed by atoms with Crippen molar-refractivity contribution >= 4 is 5.82 Å². The van der Waals surface area contributed by atoms with Gasteiger partial charge in [0.15, 0.2) is 0 Å². The second-order valence-electron chi connectivity index (χ2n) is 4.45. The maximum absolute atomic E-state index is 6.12. The first-order valence-corrected chi connectivity index (χ1v) is 6.02. The summed E-state index contributed by atoms with van der Waals surface area (Å²) in [5.41, 5.74) is 10.7. The summed E-state index contributed by atoms with van der Waals surface area (Å²) in [7, 11) is 1.90. The molecule has 90 valence electrons. The summed E-state index contributed by atoms with van der Waals surface area (Å²) in [6.45, 7) is 4.25. The molecule has 0 aliphatic rings. The molecule has 0 fully saturated rings. The Hall–Kier alpha value is -1.77. The highest BCUT2D eigenvalue weighted by atomic mass is 15.3. The summed E-state index contributed by atoms with van der Waals surface area (Å²) < 4.78 is 1.77. The zero-order valence-electron chi connectivity index (χ0n) is 10.7. The second kappa shape index (κ2) is 4.62. The molecule has 3 nitrogen and oxygen atoms in total. The zero-order chi connectivity index (χ0) is 12.4. The molecule has 0 radical (unpaired) electrons. The molecule has 0 aliphatic carbocycles. The van der Waals surface area contributed by atoms with Crippen LogP contribution in [0.3, 0.4) is 0 Å². The lowest BCUT2D eigenvalue weighted by atomic mass is 10.0. The Labute approximate surface area is 102 Å². The summed E-state index contributed by atoms with van der Waals surface area (Å²) in [5, 5.41) is 4.50. The molecule has 2 N–H and O–H groups in total. The van der Waals surface area contributed by atoms with Gasteiger partial charge in [-0.3, -0.25) is 4.68 Å². The molecular formula is C14H19N3. The Kier molecular flexibility index (Phi) is 3.18. The molecular weight excluding hydrogens is 210 g/mol. The van der Waals surface area contributed by atoms with E-state index in [4.69, 9.17) is 5.73 Å². The van der Waals surface area contributed by atoms with Crippen LogP contribution in [0.25, 0.3) is 11.1 Å². The lowest BCUT2D eigenvalue weighted by Crippen LogP contribution is -1.98. The summed E-state index contributed by atoms with van der Waals surface area (Å²) in [4.78, 5) is 0. The normalized spacial score (nSPS) is 10.8. The fourth-order valence-electron chi connectivity index (χ4n) is 2.12. The average molecular weight is 229 g/mol. The van der Waals surface area contributed by atoms with Gasteiger partial charge in [0, 0.05) is 12.6 Å². The van der Waals surface area contributed by atoms with Gasteiger partial charge in [-0.2, -0.15) is 5.10 Å². The molecule has 2 rings (SSSR count). The van der Waals surface area contributed by atoms with Crippen molar-refractivity contribution in [2.24, 2.45) is 7.05 Å². The van der Waals surface area contributed by atoms with Gasteiger partial charge in [0.05, 0.1) is 5.69 Å². The van der Waals surface area contributed by atoms with Crippen LogP contribution >= 0.6 is 0 Å². The molecule has 0 saturated carbocycles. The minimum absolute atomic E-state index is 0.749. The topological polar surface area (TPSA) is 43.8 Å². The summed E-state index contributed by atoms with van der Waals surface area (Å²) >= 11 is 0. The zero-order valence-corrected chi connectivity index (χ0v) is 10.7. The van der Waals surface area contributed by atoms with Gasteiger partial charge in [0.25, 0.3) is 0 Å². The van der Waals surface area contributed by atoms with E-state index < -0.39 is 0 Å². The Morgan fingerprint density at radius 3 is 2.76 bits per heavy atom. The van der Waals surface area contributed by atoms with Crippen molar-refractivity contribution in [3.05, 3.63) is 35.5 Å². The molecule has 2 aromatic rings.